The predicted molar refractivity (Wildman–Crippen MR) is 68.8 cm³/mol. The Kier molecular flexibility index (Phi) is 4.22. The van der Waals surface area contributed by atoms with E-state index < -0.39 is 0 Å². The molecule has 0 radical (unpaired) electrons. The highest BCUT2D eigenvalue weighted by molar-refractivity contribution is 6.20. The van der Waals surface area contributed by atoms with Crippen LogP contribution in [-0.4, -0.2) is 36.0 Å². The molecule has 0 aliphatic carbocycles. The second-order valence-corrected chi connectivity index (χ2v) is 5.15. The topological polar surface area (TPSA) is 15.3 Å². The zero-order valence-corrected chi connectivity index (χ0v) is 10.5. The maximum Gasteiger partial charge on any atom is 0.0473 e. The lowest BCUT2D eigenvalue weighted by Crippen LogP contribution is -2.53. The molecule has 1 aromatic rings. The molecule has 88 valence electrons. The Morgan fingerprint density at radius 1 is 1.44 bits per heavy atom. The summed E-state index contributed by atoms with van der Waals surface area (Å²) in [6.07, 6.45) is 0. The van der Waals surface area contributed by atoms with E-state index in [1.165, 1.54) is 5.56 Å². The fraction of sp³-hybridized carbons (Fsp3) is 0.538. The first-order valence-corrected chi connectivity index (χ1v) is 6.33. The van der Waals surface area contributed by atoms with Crippen LogP contribution < -0.4 is 5.32 Å². The van der Waals surface area contributed by atoms with Gasteiger partial charge in [0.2, 0.25) is 0 Å². The van der Waals surface area contributed by atoms with Crippen LogP contribution in [0.1, 0.15) is 12.5 Å². The number of piperazine rings is 1. The second-order valence-electron chi connectivity index (χ2n) is 4.46. The van der Waals surface area contributed by atoms with Gasteiger partial charge in [0, 0.05) is 37.6 Å². The van der Waals surface area contributed by atoms with Gasteiger partial charge in [-0.15, -0.1) is 11.6 Å². The first-order valence-electron chi connectivity index (χ1n) is 5.89. The smallest absolute Gasteiger partial charge is 0.0473 e. The maximum absolute atomic E-state index is 6.14. The molecule has 0 saturated carbocycles. The van der Waals surface area contributed by atoms with Gasteiger partial charge in [-0.1, -0.05) is 30.3 Å². The summed E-state index contributed by atoms with van der Waals surface area (Å²) in [5, 5.41) is 3.65. The van der Waals surface area contributed by atoms with E-state index in [1.807, 2.05) is 0 Å². The van der Waals surface area contributed by atoms with Gasteiger partial charge in [0.1, 0.15) is 0 Å². The van der Waals surface area contributed by atoms with Gasteiger partial charge < -0.3 is 5.32 Å². The minimum Gasteiger partial charge on any atom is -0.310 e. The molecule has 2 rings (SSSR count). The van der Waals surface area contributed by atoms with Gasteiger partial charge in [-0.3, -0.25) is 4.90 Å². The standard InChI is InChI=1S/C13H19ClN2/c1-11(14)13-10-16(8-7-15-13)9-12-5-3-2-4-6-12/h2-6,11,13,15H,7-10H2,1H3. The zero-order chi connectivity index (χ0) is 11.4. The molecule has 1 saturated heterocycles. The quantitative estimate of drug-likeness (QED) is 0.812. The molecule has 2 atom stereocenters. The van der Waals surface area contributed by atoms with E-state index in [2.05, 4.69) is 47.5 Å². The molecule has 0 spiro atoms. The summed E-state index contributed by atoms with van der Waals surface area (Å²) >= 11 is 6.14. The largest absolute Gasteiger partial charge is 0.310 e. The van der Waals surface area contributed by atoms with Gasteiger partial charge in [0.15, 0.2) is 0 Å². The van der Waals surface area contributed by atoms with Crippen LogP contribution in [0.5, 0.6) is 0 Å². The van der Waals surface area contributed by atoms with Crippen LogP contribution in [0.15, 0.2) is 30.3 Å². The van der Waals surface area contributed by atoms with Gasteiger partial charge in [-0.25, -0.2) is 0 Å². The summed E-state index contributed by atoms with van der Waals surface area (Å²) in [5.74, 6) is 0. The van der Waals surface area contributed by atoms with Crippen molar-refractivity contribution >= 4 is 11.6 Å². The minimum absolute atomic E-state index is 0.193. The van der Waals surface area contributed by atoms with E-state index in [9.17, 15) is 0 Å². The third kappa shape index (κ3) is 3.21. The Hall–Kier alpha value is -0.570. The molecule has 2 unspecified atom stereocenters. The van der Waals surface area contributed by atoms with Crippen LogP contribution in [0.2, 0.25) is 0 Å². The van der Waals surface area contributed by atoms with Crippen molar-refractivity contribution in [1.29, 1.82) is 0 Å². The fourth-order valence-corrected chi connectivity index (χ4v) is 2.30. The molecule has 1 aliphatic heterocycles. The Balaban J connectivity index is 1.90. The second kappa shape index (κ2) is 5.67. The summed E-state index contributed by atoms with van der Waals surface area (Å²) in [4.78, 5) is 2.47. The molecular weight excluding hydrogens is 220 g/mol. The fourth-order valence-electron chi connectivity index (χ4n) is 2.13. The van der Waals surface area contributed by atoms with E-state index in [-0.39, 0.29) is 5.38 Å². The number of alkyl halides is 1. The van der Waals surface area contributed by atoms with Gasteiger partial charge >= 0.3 is 0 Å². The monoisotopic (exact) mass is 238 g/mol. The third-order valence-electron chi connectivity index (χ3n) is 3.09. The van der Waals surface area contributed by atoms with E-state index in [0.717, 1.165) is 26.2 Å². The number of benzene rings is 1. The van der Waals surface area contributed by atoms with Gasteiger partial charge in [0.25, 0.3) is 0 Å². The Labute approximate surface area is 103 Å². The lowest BCUT2D eigenvalue weighted by atomic mass is 10.1. The maximum atomic E-state index is 6.14. The molecule has 1 fully saturated rings. The number of hydrogen-bond donors (Lipinski definition) is 1. The van der Waals surface area contributed by atoms with Crippen LogP contribution in [-0.2, 0) is 6.54 Å². The van der Waals surface area contributed by atoms with Crippen molar-refractivity contribution in [3.05, 3.63) is 35.9 Å². The van der Waals surface area contributed by atoms with Gasteiger partial charge in [0.05, 0.1) is 0 Å². The average Bonchev–Trinajstić information content (AvgIpc) is 2.30. The van der Waals surface area contributed by atoms with Crippen molar-refractivity contribution in [1.82, 2.24) is 10.2 Å². The summed E-state index contributed by atoms with van der Waals surface area (Å²) in [6.45, 7) is 6.27. The zero-order valence-electron chi connectivity index (χ0n) is 9.70. The van der Waals surface area contributed by atoms with Gasteiger partial charge in [-0.2, -0.15) is 0 Å². The molecule has 1 heterocycles. The molecule has 0 aromatic heterocycles. The summed E-state index contributed by atoms with van der Waals surface area (Å²) in [6, 6.07) is 11.0. The summed E-state index contributed by atoms with van der Waals surface area (Å²) in [7, 11) is 0. The molecular formula is C13H19ClN2. The number of nitrogens with one attached hydrogen (secondary N) is 1. The highest BCUT2D eigenvalue weighted by Crippen LogP contribution is 2.11. The van der Waals surface area contributed by atoms with Crippen molar-refractivity contribution in [2.75, 3.05) is 19.6 Å². The Bertz CT molecular complexity index is 313. The molecule has 0 bridgehead atoms. The first kappa shape index (κ1) is 11.9. The third-order valence-corrected chi connectivity index (χ3v) is 3.40. The molecule has 0 amide bonds. The van der Waals surface area contributed by atoms with Crippen molar-refractivity contribution in [2.24, 2.45) is 0 Å². The van der Waals surface area contributed by atoms with Crippen LogP contribution in [0, 0.1) is 0 Å². The SMILES string of the molecule is CC(Cl)C1CN(Cc2ccccc2)CCN1. The normalized spacial score (nSPS) is 24.2. The average molecular weight is 239 g/mol. The lowest BCUT2D eigenvalue weighted by Gasteiger charge is -2.35. The molecule has 1 aromatic carbocycles. The number of nitrogens with zero attached hydrogens (tertiary/aromatic N) is 1. The van der Waals surface area contributed by atoms with Crippen molar-refractivity contribution in [2.45, 2.75) is 24.9 Å². The highest BCUT2D eigenvalue weighted by atomic mass is 35.5. The van der Waals surface area contributed by atoms with E-state index >= 15 is 0 Å². The first-order chi connectivity index (χ1) is 7.75. The van der Waals surface area contributed by atoms with E-state index in [1.54, 1.807) is 0 Å². The summed E-state index contributed by atoms with van der Waals surface area (Å²) < 4.78 is 0. The summed E-state index contributed by atoms with van der Waals surface area (Å²) in [5.41, 5.74) is 1.38. The van der Waals surface area contributed by atoms with Crippen LogP contribution in [0.3, 0.4) is 0 Å². The van der Waals surface area contributed by atoms with Crippen LogP contribution in [0.4, 0.5) is 0 Å². The number of halogens is 1. The van der Waals surface area contributed by atoms with Crippen LogP contribution >= 0.6 is 11.6 Å². The number of rotatable bonds is 3. The lowest BCUT2D eigenvalue weighted by molar-refractivity contribution is 0.191. The molecule has 3 heteroatoms. The predicted octanol–water partition coefficient (Wildman–Crippen LogP) is 2.09. The molecule has 16 heavy (non-hydrogen) atoms. The highest BCUT2D eigenvalue weighted by Gasteiger charge is 2.22. The molecule has 2 nitrogen and oxygen atoms in total. The van der Waals surface area contributed by atoms with E-state index in [0.29, 0.717) is 6.04 Å². The van der Waals surface area contributed by atoms with Crippen molar-refractivity contribution in [3.8, 4) is 0 Å². The van der Waals surface area contributed by atoms with Crippen LogP contribution in [0.25, 0.3) is 0 Å². The van der Waals surface area contributed by atoms with Gasteiger partial charge in [-0.05, 0) is 12.5 Å². The molecule has 1 N–H and O–H groups in total. The Morgan fingerprint density at radius 3 is 2.88 bits per heavy atom. The van der Waals surface area contributed by atoms with E-state index in [4.69, 9.17) is 11.6 Å². The van der Waals surface area contributed by atoms with Crippen molar-refractivity contribution < 1.29 is 0 Å². The number of hydrogen-bond acceptors (Lipinski definition) is 2. The molecule has 1 aliphatic rings. The minimum atomic E-state index is 0.193. The van der Waals surface area contributed by atoms with Crippen molar-refractivity contribution in [3.63, 3.8) is 0 Å². The Morgan fingerprint density at radius 2 is 2.19 bits per heavy atom.